The standard InChI is InChI=1S/C16H14ClFN2O/c17-14-3-1-2-13(15(14)18)16(21)20-12-5-4-10-6-7-19-9-11(10)8-12/h1-5,8,19H,6-7,9H2,(H,20,21). The van der Waals surface area contributed by atoms with Gasteiger partial charge in [-0.3, -0.25) is 4.79 Å². The number of hydrogen-bond acceptors (Lipinski definition) is 2. The Labute approximate surface area is 127 Å². The van der Waals surface area contributed by atoms with Crippen molar-refractivity contribution in [2.75, 3.05) is 11.9 Å². The molecule has 0 radical (unpaired) electrons. The number of amides is 1. The molecule has 0 aliphatic carbocycles. The van der Waals surface area contributed by atoms with Crippen LogP contribution in [0.4, 0.5) is 10.1 Å². The molecule has 0 atom stereocenters. The zero-order valence-corrected chi connectivity index (χ0v) is 12.0. The molecule has 5 heteroatoms. The largest absolute Gasteiger partial charge is 0.322 e. The molecular weight excluding hydrogens is 291 g/mol. The molecule has 2 N–H and O–H groups in total. The van der Waals surface area contributed by atoms with Crippen LogP contribution in [-0.4, -0.2) is 12.5 Å². The highest BCUT2D eigenvalue weighted by atomic mass is 35.5. The summed E-state index contributed by atoms with van der Waals surface area (Å²) in [6.07, 6.45) is 0.979. The average Bonchev–Trinajstić information content (AvgIpc) is 2.50. The molecule has 1 amide bonds. The number of fused-ring (bicyclic) bond motifs is 1. The molecule has 1 aliphatic heterocycles. The van der Waals surface area contributed by atoms with E-state index in [4.69, 9.17) is 11.6 Å². The lowest BCUT2D eigenvalue weighted by atomic mass is 10.0. The van der Waals surface area contributed by atoms with Gasteiger partial charge in [0, 0.05) is 12.2 Å². The topological polar surface area (TPSA) is 41.1 Å². The normalized spacial score (nSPS) is 13.6. The first-order valence-corrected chi connectivity index (χ1v) is 7.11. The maximum absolute atomic E-state index is 13.8. The summed E-state index contributed by atoms with van der Waals surface area (Å²) in [5, 5.41) is 5.93. The first kappa shape index (κ1) is 14.0. The quantitative estimate of drug-likeness (QED) is 0.893. The SMILES string of the molecule is O=C(Nc1ccc2c(c1)CNCC2)c1cccc(Cl)c1F. The molecule has 0 aromatic heterocycles. The number of rotatable bonds is 2. The molecule has 3 rings (SSSR count). The molecule has 0 bridgehead atoms. The Morgan fingerprint density at radius 1 is 1.24 bits per heavy atom. The summed E-state index contributed by atoms with van der Waals surface area (Å²) < 4.78 is 13.8. The minimum absolute atomic E-state index is 0.0571. The second-order valence-corrected chi connectivity index (χ2v) is 5.37. The Kier molecular flexibility index (Phi) is 3.90. The van der Waals surface area contributed by atoms with Crippen molar-refractivity contribution in [1.82, 2.24) is 5.32 Å². The maximum Gasteiger partial charge on any atom is 0.258 e. The van der Waals surface area contributed by atoms with Crippen LogP contribution in [0.25, 0.3) is 0 Å². The van der Waals surface area contributed by atoms with Crippen molar-refractivity contribution >= 4 is 23.2 Å². The third kappa shape index (κ3) is 2.91. The second kappa shape index (κ2) is 5.84. The first-order valence-electron chi connectivity index (χ1n) is 6.73. The summed E-state index contributed by atoms with van der Waals surface area (Å²) in [6, 6.07) is 10.1. The number of anilines is 1. The summed E-state index contributed by atoms with van der Waals surface area (Å²) >= 11 is 5.69. The van der Waals surface area contributed by atoms with Gasteiger partial charge in [-0.1, -0.05) is 23.7 Å². The summed E-state index contributed by atoms with van der Waals surface area (Å²) in [4.78, 5) is 12.1. The molecule has 1 heterocycles. The molecule has 0 unspecified atom stereocenters. The maximum atomic E-state index is 13.8. The fourth-order valence-corrected chi connectivity index (χ4v) is 2.61. The van der Waals surface area contributed by atoms with E-state index < -0.39 is 11.7 Å². The van der Waals surface area contributed by atoms with Gasteiger partial charge in [0.2, 0.25) is 0 Å². The van der Waals surface area contributed by atoms with Crippen LogP contribution in [0, 0.1) is 5.82 Å². The average molecular weight is 305 g/mol. The van der Waals surface area contributed by atoms with Crippen LogP contribution in [-0.2, 0) is 13.0 Å². The van der Waals surface area contributed by atoms with Crippen LogP contribution in [0.15, 0.2) is 36.4 Å². The van der Waals surface area contributed by atoms with E-state index in [0.29, 0.717) is 5.69 Å². The van der Waals surface area contributed by atoms with Gasteiger partial charge in [0.1, 0.15) is 0 Å². The summed E-state index contributed by atoms with van der Waals surface area (Å²) in [5.74, 6) is -1.20. The minimum Gasteiger partial charge on any atom is -0.322 e. The van der Waals surface area contributed by atoms with Gasteiger partial charge in [0.25, 0.3) is 5.91 Å². The Balaban J connectivity index is 1.83. The highest BCUT2D eigenvalue weighted by Gasteiger charge is 2.15. The Morgan fingerprint density at radius 3 is 2.95 bits per heavy atom. The van der Waals surface area contributed by atoms with E-state index in [1.54, 1.807) is 6.07 Å². The second-order valence-electron chi connectivity index (χ2n) is 4.97. The molecular formula is C16H14ClFN2O. The lowest BCUT2D eigenvalue weighted by Crippen LogP contribution is -2.23. The highest BCUT2D eigenvalue weighted by molar-refractivity contribution is 6.31. The van der Waals surface area contributed by atoms with E-state index in [-0.39, 0.29) is 10.6 Å². The van der Waals surface area contributed by atoms with E-state index in [1.165, 1.54) is 17.7 Å². The Bertz CT molecular complexity index is 703. The van der Waals surface area contributed by atoms with E-state index in [9.17, 15) is 9.18 Å². The van der Waals surface area contributed by atoms with E-state index in [2.05, 4.69) is 10.6 Å². The van der Waals surface area contributed by atoms with Gasteiger partial charge in [0.15, 0.2) is 5.82 Å². The molecule has 21 heavy (non-hydrogen) atoms. The zero-order valence-electron chi connectivity index (χ0n) is 11.2. The summed E-state index contributed by atoms with van der Waals surface area (Å²) in [5.41, 5.74) is 3.03. The van der Waals surface area contributed by atoms with Crippen LogP contribution in [0.1, 0.15) is 21.5 Å². The lowest BCUT2D eigenvalue weighted by Gasteiger charge is -2.18. The van der Waals surface area contributed by atoms with Crippen molar-refractivity contribution in [1.29, 1.82) is 0 Å². The number of nitrogens with one attached hydrogen (secondary N) is 2. The van der Waals surface area contributed by atoms with Crippen molar-refractivity contribution in [2.24, 2.45) is 0 Å². The molecule has 108 valence electrons. The lowest BCUT2D eigenvalue weighted by molar-refractivity contribution is 0.102. The first-order chi connectivity index (χ1) is 10.1. The molecule has 2 aromatic rings. The fraction of sp³-hybridized carbons (Fsp3) is 0.188. The molecule has 2 aromatic carbocycles. The van der Waals surface area contributed by atoms with Gasteiger partial charge in [-0.05, 0) is 48.4 Å². The van der Waals surface area contributed by atoms with Crippen LogP contribution < -0.4 is 10.6 Å². The Morgan fingerprint density at radius 2 is 2.10 bits per heavy atom. The van der Waals surface area contributed by atoms with Gasteiger partial charge in [-0.2, -0.15) is 0 Å². The van der Waals surface area contributed by atoms with Gasteiger partial charge in [-0.15, -0.1) is 0 Å². The fourth-order valence-electron chi connectivity index (χ4n) is 2.44. The summed E-state index contributed by atoms with van der Waals surface area (Å²) in [7, 11) is 0. The Hall–Kier alpha value is -1.91. The van der Waals surface area contributed by atoms with Gasteiger partial charge >= 0.3 is 0 Å². The van der Waals surface area contributed by atoms with Crippen molar-refractivity contribution in [2.45, 2.75) is 13.0 Å². The van der Waals surface area contributed by atoms with E-state index in [1.807, 2.05) is 18.2 Å². The van der Waals surface area contributed by atoms with Crippen LogP contribution in [0.3, 0.4) is 0 Å². The van der Waals surface area contributed by atoms with Crippen molar-refractivity contribution in [3.63, 3.8) is 0 Å². The van der Waals surface area contributed by atoms with Crippen LogP contribution in [0.2, 0.25) is 5.02 Å². The minimum atomic E-state index is -0.698. The zero-order chi connectivity index (χ0) is 14.8. The molecule has 3 nitrogen and oxygen atoms in total. The van der Waals surface area contributed by atoms with Crippen molar-refractivity contribution < 1.29 is 9.18 Å². The molecule has 0 fully saturated rings. The predicted octanol–water partition coefficient (Wildman–Crippen LogP) is 3.38. The van der Waals surface area contributed by atoms with Crippen LogP contribution in [0.5, 0.6) is 0 Å². The number of halogens is 2. The predicted molar refractivity (Wildman–Crippen MR) is 81.2 cm³/mol. The van der Waals surface area contributed by atoms with Gasteiger partial charge in [-0.25, -0.2) is 4.39 Å². The molecule has 0 saturated heterocycles. The van der Waals surface area contributed by atoms with Crippen molar-refractivity contribution in [3.8, 4) is 0 Å². The van der Waals surface area contributed by atoms with Gasteiger partial charge in [0.05, 0.1) is 10.6 Å². The van der Waals surface area contributed by atoms with E-state index >= 15 is 0 Å². The summed E-state index contributed by atoms with van der Waals surface area (Å²) in [6.45, 7) is 1.75. The van der Waals surface area contributed by atoms with Crippen LogP contribution >= 0.6 is 11.6 Å². The third-order valence-corrected chi connectivity index (χ3v) is 3.84. The number of hydrogen-bond donors (Lipinski definition) is 2. The third-order valence-electron chi connectivity index (χ3n) is 3.55. The van der Waals surface area contributed by atoms with E-state index in [0.717, 1.165) is 25.1 Å². The van der Waals surface area contributed by atoms with Gasteiger partial charge < -0.3 is 10.6 Å². The number of carbonyl (C=O) groups is 1. The smallest absolute Gasteiger partial charge is 0.258 e. The molecule has 1 aliphatic rings. The highest BCUT2D eigenvalue weighted by Crippen LogP contribution is 2.22. The van der Waals surface area contributed by atoms with Crippen molar-refractivity contribution in [3.05, 3.63) is 63.9 Å². The molecule has 0 spiro atoms. The monoisotopic (exact) mass is 304 g/mol. The number of carbonyl (C=O) groups excluding carboxylic acids is 1. The molecule has 0 saturated carbocycles. The number of benzene rings is 2.